The van der Waals surface area contributed by atoms with Crippen molar-refractivity contribution in [3.63, 3.8) is 0 Å². The van der Waals surface area contributed by atoms with Gasteiger partial charge in [0.25, 0.3) is 0 Å². The zero-order valence-electron chi connectivity index (χ0n) is 11.5. The number of hydrogen-bond acceptors (Lipinski definition) is 3. The van der Waals surface area contributed by atoms with E-state index in [1.54, 1.807) is 12.1 Å². The van der Waals surface area contributed by atoms with Crippen LogP contribution in [0.15, 0.2) is 48.5 Å². The van der Waals surface area contributed by atoms with Crippen molar-refractivity contribution in [2.75, 3.05) is 7.05 Å². The van der Waals surface area contributed by atoms with Gasteiger partial charge in [-0.05, 0) is 36.4 Å². The molecule has 0 atom stereocenters. The van der Waals surface area contributed by atoms with Crippen LogP contribution in [0.2, 0.25) is 0 Å². The molecule has 0 bridgehead atoms. The van der Waals surface area contributed by atoms with E-state index in [9.17, 15) is 5.11 Å². The number of nitrogen functional groups attached to an aromatic ring is 1. The van der Waals surface area contributed by atoms with Crippen LogP contribution in [0, 0.1) is 5.41 Å². The highest BCUT2D eigenvalue weighted by molar-refractivity contribution is 5.95. The molecule has 20 heavy (non-hydrogen) atoms. The van der Waals surface area contributed by atoms with Gasteiger partial charge in [-0.3, -0.25) is 10.3 Å². The fourth-order valence-electron chi connectivity index (χ4n) is 2.12. The molecule has 104 valence electrons. The minimum Gasteiger partial charge on any atom is -0.508 e. The van der Waals surface area contributed by atoms with Crippen molar-refractivity contribution >= 4 is 5.84 Å². The van der Waals surface area contributed by atoms with E-state index in [0.717, 1.165) is 29.8 Å². The Bertz CT molecular complexity index is 593. The van der Waals surface area contributed by atoms with E-state index < -0.39 is 0 Å². The predicted octanol–water partition coefficient (Wildman–Crippen LogP) is 2.31. The van der Waals surface area contributed by atoms with Crippen LogP contribution < -0.4 is 5.73 Å². The minimum atomic E-state index is 0.0908. The summed E-state index contributed by atoms with van der Waals surface area (Å²) in [5, 5.41) is 16.7. The average Bonchev–Trinajstić information content (AvgIpc) is 2.41. The molecule has 0 radical (unpaired) electrons. The lowest BCUT2D eigenvalue weighted by Gasteiger charge is -2.17. The van der Waals surface area contributed by atoms with Gasteiger partial charge in [0.2, 0.25) is 0 Å². The van der Waals surface area contributed by atoms with Crippen LogP contribution in [-0.2, 0) is 13.1 Å². The third-order valence-electron chi connectivity index (χ3n) is 3.08. The number of amidine groups is 1. The molecule has 4 N–H and O–H groups in total. The summed E-state index contributed by atoms with van der Waals surface area (Å²) in [6, 6.07) is 14.9. The minimum absolute atomic E-state index is 0.0908. The van der Waals surface area contributed by atoms with Crippen molar-refractivity contribution in [1.82, 2.24) is 4.90 Å². The lowest BCUT2D eigenvalue weighted by atomic mass is 10.1. The summed E-state index contributed by atoms with van der Waals surface area (Å²) in [7, 11) is 2.04. The van der Waals surface area contributed by atoms with Crippen LogP contribution in [0.3, 0.4) is 0 Å². The number of nitrogens with zero attached hydrogens (tertiary/aromatic N) is 1. The van der Waals surface area contributed by atoms with Crippen molar-refractivity contribution in [1.29, 1.82) is 5.41 Å². The summed E-state index contributed by atoms with van der Waals surface area (Å²) in [5.74, 6) is 0.374. The Balaban J connectivity index is 2.00. The van der Waals surface area contributed by atoms with Gasteiger partial charge in [0, 0.05) is 18.7 Å². The fraction of sp³-hybridized carbons (Fsp3) is 0.188. The Morgan fingerprint density at radius 3 is 2.40 bits per heavy atom. The number of hydrogen-bond donors (Lipinski definition) is 3. The molecule has 0 amide bonds. The van der Waals surface area contributed by atoms with Crippen LogP contribution in [0.4, 0.5) is 0 Å². The molecule has 0 unspecified atom stereocenters. The summed E-state index contributed by atoms with van der Waals surface area (Å²) >= 11 is 0. The summed E-state index contributed by atoms with van der Waals surface area (Å²) in [6.07, 6.45) is 0. The number of nitrogens with one attached hydrogen (secondary N) is 1. The molecule has 2 rings (SSSR count). The second-order valence-corrected chi connectivity index (χ2v) is 4.95. The van der Waals surface area contributed by atoms with Gasteiger partial charge < -0.3 is 10.8 Å². The molecular formula is C16H19N3O. The number of nitrogens with two attached hydrogens (primary N) is 1. The van der Waals surface area contributed by atoms with Gasteiger partial charge >= 0.3 is 0 Å². The Morgan fingerprint density at radius 1 is 1.10 bits per heavy atom. The summed E-state index contributed by atoms with van der Waals surface area (Å²) in [4.78, 5) is 2.17. The fourth-order valence-corrected chi connectivity index (χ4v) is 2.12. The third-order valence-corrected chi connectivity index (χ3v) is 3.08. The number of phenols is 1. The molecule has 0 heterocycles. The summed E-state index contributed by atoms with van der Waals surface area (Å²) in [6.45, 7) is 1.58. The van der Waals surface area contributed by atoms with E-state index in [-0.39, 0.29) is 11.6 Å². The van der Waals surface area contributed by atoms with Gasteiger partial charge in [-0.15, -0.1) is 0 Å². The van der Waals surface area contributed by atoms with E-state index in [1.807, 2.05) is 43.4 Å². The van der Waals surface area contributed by atoms with E-state index >= 15 is 0 Å². The Labute approximate surface area is 119 Å². The summed E-state index contributed by atoms with van der Waals surface area (Å²) < 4.78 is 0. The average molecular weight is 269 g/mol. The number of aromatic hydroxyl groups is 1. The quantitative estimate of drug-likeness (QED) is 0.576. The van der Waals surface area contributed by atoms with Crippen LogP contribution in [0.25, 0.3) is 0 Å². The van der Waals surface area contributed by atoms with Crippen molar-refractivity contribution in [2.24, 2.45) is 5.73 Å². The maximum Gasteiger partial charge on any atom is 0.122 e. The molecule has 2 aromatic rings. The monoisotopic (exact) mass is 269 g/mol. The van der Waals surface area contributed by atoms with E-state index in [2.05, 4.69) is 4.90 Å². The molecule has 4 nitrogen and oxygen atoms in total. The van der Waals surface area contributed by atoms with Crippen molar-refractivity contribution in [2.45, 2.75) is 13.1 Å². The van der Waals surface area contributed by atoms with Crippen LogP contribution >= 0.6 is 0 Å². The first kappa shape index (κ1) is 14.1. The molecule has 0 spiro atoms. The lowest BCUT2D eigenvalue weighted by Crippen LogP contribution is -2.18. The van der Waals surface area contributed by atoms with Gasteiger partial charge in [0.1, 0.15) is 11.6 Å². The molecule has 0 saturated heterocycles. The number of phenolic OH excluding ortho intramolecular Hbond substituents is 1. The molecule has 0 fully saturated rings. The van der Waals surface area contributed by atoms with Gasteiger partial charge in [0.15, 0.2) is 0 Å². The van der Waals surface area contributed by atoms with Crippen LogP contribution in [0.1, 0.15) is 16.7 Å². The van der Waals surface area contributed by atoms with Crippen molar-refractivity contribution in [3.05, 3.63) is 65.2 Å². The molecule has 0 aliphatic rings. The highest BCUT2D eigenvalue weighted by Gasteiger charge is 2.04. The zero-order valence-corrected chi connectivity index (χ0v) is 11.5. The van der Waals surface area contributed by atoms with Gasteiger partial charge in [-0.1, -0.05) is 30.3 Å². The molecule has 2 aromatic carbocycles. The molecule has 0 aromatic heterocycles. The van der Waals surface area contributed by atoms with E-state index in [1.165, 1.54) is 0 Å². The normalized spacial score (nSPS) is 10.7. The smallest absolute Gasteiger partial charge is 0.122 e. The SMILES string of the molecule is CN(Cc1ccc(O)cc1)Cc1cccc(C(=N)N)c1. The Hall–Kier alpha value is -2.33. The van der Waals surface area contributed by atoms with Crippen molar-refractivity contribution < 1.29 is 5.11 Å². The first-order valence-electron chi connectivity index (χ1n) is 6.44. The first-order chi connectivity index (χ1) is 9.54. The summed E-state index contributed by atoms with van der Waals surface area (Å²) in [5.41, 5.74) is 8.52. The molecular weight excluding hydrogens is 250 g/mol. The second kappa shape index (κ2) is 6.21. The highest BCUT2D eigenvalue weighted by atomic mass is 16.3. The Kier molecular flexibility index (Phi) is 4.38. The first-order valence-corrected chi connectivity index (χ1v) is 6.44. The van der Waals surface area contributed by atoms with Gasteiger partial charge in [-0.25, -0.2) is 0 Å². The molecule has 0 saturated carbocycles. The van der Waals surface area contributed by atoms with Gasteiger partial charge in [0.05, 0.1) is 0 Å². The standard InChI is InChI=1S/C16H19N3O/c1-19(10-12-5-7-15(20)8-6-12)11-13-3-2-4-14(9-13)16(17)18/h2-9,20H,10-11H2,1H3,(H3,17,18). The zero-order chi connectivity index (χ0) is 14.5. The largest absolute Gasteiger partial charge is 0.508 e. The molecule has 0 aliphatic carbocycles. The molecule has 4 heteroatoms. The number of rotatable bonds is 5. The van der Waals surface area contributed by atoms with Gasteiger partial charge in [-0.2, -0.15) is 0 Å². The van der Waals surface area contributed by atoms with Crippen molar-refractivity contribution in [3.8, 4) is 5.75 Å². The second-order valence-electron chi connectivity index (χ2n) is 4.95. The number of benzene rings is 2. The maximum absolute atomic E-state index is 9.26. The van der Waals surface area contributed by atoms with Crippen LogP contribution in [0.5, 0.6) is 5.75 Å². The third kappa shape index (κ3) is 3.83. The maximum atomic E-state index is 9.26. The molecule has 0 aliphatic heterocycles. The van der Waals surface area contributed by atoms with E-state index in [0.29, 0.717) is 0 Å². The Morgan fingerprint density at radius 2 is 1.75 bits per heavy atom. The van der Waals surface area contributed by atoms with Crippen LogP contribution in [-0.4, -0.2) is 22.9 Å². The predicted molar refractivity (Wildman–Crippen MR) is 80.7 cm³/mol. The highest BCUT2D eigenvalue weighted by Crippen LogP contribution is 2.13. The lowest BCUT2D eigenvalue weighted by molar-refractivity contribution is 0.319. The van der Waals surface area contributed by atoms with E-state index in [4.69, 9.17) is 11.1 Å². The topological polar surface area (TPSA) is 73.3 Å².